The first kappa shape index (κ1) is 17.0. The van der Waals surface area contributed by atoms with Crippen LogP contribution in [0, 0.1) is 6.92 Å². The van der Waals surface area contributed by atoms with Gasteiger partial charge in [0.05, 0.1) is 0 Å². The van der Waals surface area contributed by atoms with E-state index in [2.05, 4.69) is 38.1 Å². The molecule has 15 heavy (non-hydrogen) atoms. The van der Waals surface area contributed by atoms with Crippen molar-refractivity contribution in [2.24, 2.45) is 0 Å². The summed E-state index contributed by atoms with van der Waals surface area (Å²) >= 11 is 1.61. The third-order valence-electron chi connectivity index (χ3n) is 2.50. The van der Waals surface area contributed by atoms with Crippen LogP contribution in [0.15, 0.2) is 23.8 Å². The summed E-state index contributed by atoms with van der Waals surface area (Å²) in [5, 5.41) is 0. The molecule has 0 aliphatic heterocycles. The van der Waals surface area contributed by atoms with Crippen molar-refractivity contribution in [3.63, 3.8) is 0 Å². The van der Waals surface area contributed by atoms with Gasteiger partial charge in [0.1, 0.15) is 0 Å². The second-order valence-electron chi connectivity index (χ2n) is 3.40. The molecule has 0 N–H and O–H groups in total. The van der Waals surface area contributed by atoms with Crippen molar-refractivity contribution >= 4 is 6.08 Å². The summed E-state index contributed by atoms with van der Waals surface area (Å²) in [6.45, 7) is 4.43. The van der Waals surface area contributed by atoms with Crippen LogP contribution in [0.4, 0.5) is 0 Å². The first-order valence-corrected chi connectivity index (χ1v) is 5.61. The Hall–Kier alpha value is -0.367. The van der Waals surface area contributed by atoms with E-state index in [0.29, 0.717) is 3.63 Å². The topological polar surface area (TPSA) is 0 Å². The molecule has 1 aromatic carbocycles. The van der Waals surface area contributed by atoms with Crippen molar-refractivity contribution in [3.05, 3.63) is 40.5 Å². The third kappa shape index (κ3) is 2.81. The van der Waals surface area contributed by atoms with Gasteiger partial charge in [-0.2, -0.15) is 0 Å². The quantitative estimate of drug-likeness (QED) is 0.447. The van der Waals surface area contributed by atoms with Gasteiger partial charge in [0.2, 0.25) is 0 Å². The van der Waals surface area contributed by atoms with Crippen LogP contribution in [0.2, 0.25) is 0 Å². The fourth-order valence-electron chi connectivity index (χ4n) is 1.71. The fraction of sp³-hybridized carbons (Fsp3) is 0.273. The second-order valence-corrected chi connectivity index (χ2v) is 4.82. The molecule has 0 radical (unpaired) electrons. The van der Waals surface area contributed by atoms with E-state index < -0.39 is 0 Å². The van der Waals surface area contributed by atoms with Crippen molar-refractivity contribution in [2.75, 3.05) is 0 Å². The number of aryl methyl sites for hydroxylation is 1. The van der Waals surface area contributed by atoms with Crippen molar-refractivity contribution in [1.82, 2.24) is 0 Å². The molecule has 1 atom stereocenters. The van der Waals surface area contributed by atoms with E-state index in [1.807, 2.05) is 0 Å². The third-order valence-corrected chi connectivity index (χ3v) is 4.38. The number of hydrogen-bond donors (Lipinski definition) is 0. The summed E-state index contributed by atoms with van der Waals surface area (Å²) in [5.41, 5.74) is 5.94. The standard InChI is InChI=1S/C11H11.3FH.Zr/c1-8-6-10-5-3-4-9(2)11(10)7-8;;;;/h3-7H,1-2H3;3*1H;/q;;;;+3/p-3. The zero-order valence-corrected chi connectivity index (χ0v) is 11.0. The summed E-state index contributed by atoms with van der Waals surface area (Å²) in [4.78, 5) is 0. The van der Waals surface area contributed by atoms with E-state index in [1.54, 1.807) is 24.7 Å². The van der Waals surface area contributed by atoms with E-state index >= 15 is 0 Å². The molecule has 80 valence electrons. The van der Waals surface area contributed by atoms with Crippen molar-refractivity contribution < 1.29 is 38.8 Å². The summed E-state index contributed by atoms with van der Waals surface area (Å²) < 4.78 is 0.715. The SMILES string of the molecule is CC1=Cc2c(C)cccc2[CH]1[Zr+3].[F-].[F-].[F-]. The molecule has 1 aliphatic carbocycles. The van der Waals surface area contributed by atoms with Crippen LogP contribution in [-0.4, -0.2) is 0 Å². The molecular weight excluding hydrogens is 280 g/mol. The summed E-state index contributed by atoms with van der Waals surface area (Å²) in [6.07, 6.45) is 2.34. The normalized spacial score (nSPS) is 16.5. The van der Waals surface area contributed by atoms with Gasteiger partial charge in [-0.3, -0.25) is 0 Å². The summed E-state index contributed by atoms with van der Waals surface area (Å²) in [5.74, 6) is 0. The van der Waals surface area contributed by atoms with Crippen LogP contribution in [0.25, 0.3) is 6.08 Å². The van der Waals surface area contributed by atoms with Gasteiger partial charge in [-0.05, 0) is 0 Å². The van der Waals surface area contributed by atoms with Crippen LogP contribution >= 0.6 is 0 Å². The smallest absolute Gasteiger partial charge is 1.00 e. The van der Waals surface area contributed by atoms with Gasteiger partial charge < -0.3 is 14.1 Å². The maximum atomic E-state index is 2.34. The maximum absolute atomic E-state index is 2.34. The Kier molecular flexibility index (Phi) is 7.12. The molecule has 0 nitrogen and oxygen atoms in total. The molecule has 1 aliphatic rings. The van der Waals surface area contributed by atoms with E-state index in [0.717, 1.165) is 0 Å². The number of benzene rings is 1. The molecule has 0 heterocycles. The first-order valence-electron chi connectivity index (χ1n) is 4.19. The van der Waals surface area contributed by atoms with Crippen LogP contribution < -0.4 is 14.1 Å². The Bertz CT molecular complexity index is 361. The van der Waals surface area contributed by atoms with Gasteiger partial charge in [-0.1, -0.05) is 0 Å². The molecule has 0 bridgehead atoms. The number of rotatable bonds is 0. The number of fused-ring (bicyclic) bond motifs is 1. The Labute approximate surface area is 103 Å². The minimum absolute atomic E-state index is 0. The van der Waals surface area contributed by atoms with Gasteiger partial charge in [0.25, 0.3) is 0 Å². The molecular formula is C11H11F3Zr. The van der Waals surface area contributed by atoms with Gasteiger partial charge >= 0.3 is 88.7 Å². The molecule has 0 saturated carbocycles. The number of halogens is 3. The molecule has 1 unspecified atom stereocenters. The van der Waals surface area contributed by atoms with Gasteiger partial charge in [0.15, 0.2) is 0 Å². The van der Waals surface area contributed by atoms with E-state index in [-0.39, 0.29) is 14.1 Å². The molecule has 0 fully saturated rings. The molecule has 0 saturated heterocycles. The van der Waals surface area contributed by atoms with Crippen molar-refractivity contribution in [3.8, 4) is 0 Å². The van der Waals surface area contributed by atoms with E-state index in [1.165, 1.54) is 22.3 Å². The largest absolute Gasteiger partial charge is 1.00 e. The summed E-state index contributed by atoms with van der Waals surface area (Å²) in [7, 11) is 0. The average molecular weight is 291 g/mol. The van der Waals surface area contributed by atoms with Gasteiger partial charge in [-0.25, -0.2) is 0 Å². The van der Waals surface area contributed by atoms with Crippen molar-refractivity contribution in [2.45, 2.75) is 17.5 Å². The Morgan fingerprint density at radius 1 is 1.07 bits per heavy atom. The molecule has 1 aromatic rings. The molecule has 0 spiro atoms. The predicted molar refractivity (Wildman–Crippen MR) is 47.6 cm³/mol. The molecule has 2 rings (SSSR count). The zero-order chi connectivity index (χ0) is 8.72. The molecule has 0 amide bonds. The molecule has 0 aromatic heterocycles. The predicted octanol–water partition coefficient (Wildman–Crippen LogP) is -5.99. The van der Waals surface area contributed by atoms with Crippen LogP contribution in [-0.2, 0) is 24.7 Å². The van der Waals surface area contributed by atoms with Crippen LogP contribution in [0.1, 0.15) is 27.2 Å². The monoisotopic (exact) mass is 290 g/mol. The second kappa shape index (κ2) is 6.27. The number of hydrogen-bond acceptors (Lipinski definition) is 0. The minimum atomic E-state index is 0. The zero-order valence-electron chi connectivity index (χ0n) is 8.52. The van der Waals surface area contributed by atoms with Crippen LogP contribution in [0.3, 0.4) is 0 Å². The average Bonchev–Trinajstić information content (AvgIpc) is 2.32. The van der Waals surface area contributed by atoms with E-state index in [4.69, 9.17) is 0 Å². The minimum Gasteiger partial charge on any atom is -1.00 e. The Morgan fingerprint density at radius 3 is 2.20 bits per heavy atom. The molecule has 4 heteroatoms. The maximum Gasteiger partial charge on any atom is -1.00 e. The fourth-order valence-corrected chi connectivity index (χ4v) is 2.53. The first-order chi connectivity index (χ1) is 5.70. The Balaban J connectivity index is 0. The van der Waals surface area contributed by atoms with Crippen LogP contribution in [0.5, 0.6) is 0 Å². The van der Waals surface area contributed by atoms with Gasteiger partial charge in [0, 0.05) is 0 Å². The van der Waals surface area contributed by atoms with Gasteiger partial charge in [-0.15, -0.1) is 0 Å². The summed E-state index contributed by atoms with van der Waals surface area (Å²) in [6, 6.07) is 6.61. The number of allylic oxidation sites excluding steroid dienone is 1. The van der Waals surface area contributed by atoms with E-state index in [9.17, 15) is 0 Å². The Morgan fingerprint density at radius 2 is 1.67 bits per heavy atom. The van der Waals surface area contributed by atoms with Crippen molar-refractivity contribution in [1.29, 1.82) is 0 Å².